The molecule has 5 heteroatoms. The Morgan fingerprint density at radius 3 is 2.78 bits per heavy atom. The van der Waals surface area contributed by atoms with Crippen LogP contribution >= 0.6 is 0 Å². The number of aromatic nitrogens is 1. The monoisotopic (exact) mass is 247 g/mol. The van der Waals surface area contributed by atoms with E-state index in [1.807, 2.05) is 13.8 Å². The van der Waals surface area contributed by atoms with Gasteiger partial charge in [0.15, 0.2) is 0 Å². The summed E-state index contributed by atoms with van der Waals surface area (Å²) >= 11 is 0. The third-order valence-electron chi connectivity index (χ3n) is 2.71. The number of aliphatic carboxylic acids is 1. The standard InChI is InChI=1S/C13H17N3O2/c1-4-10(6-13(17)18)16-12-5-8(2)15-9(3)11(12)7-14/h5,10H,4,6H2,1-3H3,(H,15,16)(H,17,18). The predicted octanol–water partition coefficient (Wildman–Crippen LogP) is 2.24. The van der Waals surface area contributed by atoms with Crippen LogP contribution in [0.5, 0.6) is 0 Å². The van der Waals surface area contributed by atoms with Crippen molar-refractivity contribution in [3.63, 3.8) is 0 Å². The van der Waals surface area contributed by atoms with Crippen LogP contribution in [0.4, 0.5) is 5.69 Å². The van der Waals surface area contributed by atoms with Crippen LogP contribution in [0, 0.1) is 25.2 Å². The van der Waals surface area contributed by atoms with Crippen LogP contribution in [0.25, 0.3) is 0 Å². The largest absolute Gasteiger partial charge is 0.481 e. The Kier molecular flexibility index (Phi) is 4.67. The average molecular weight is 247 g/mol. The van der Waals surface area contributed by atoms with E-state index in [9.17, 15) is 4.79 Å². The van der Waals surface area contributed by atoms with Crippen molar-refractivity contribution in [2.24, 2.45) is 0 Å². The zero-order chi connectivity index (χ0) is 13.7. The molecule has 0 saturated carbocycles. The maximum atomic E-state index is 10.7. The number of carboxylic acids is 1. The molecule has 1 rings (SSSR count). The lowest BCUT2D eigenvalue weighted by molar-refractivity contribution is -0.137. The van der Waals surface area contributed by atoms with Gasteiger partial charge in [0.1, 0.15) is 6.07 Å². The second kappa shape index (κ2) is 6.01. The summed E-state index contributed by atoms with van der Waals surface area (Å²) in [5.74, 6) is -0.852. The highest BCUT2D eigenvalue weighted by atomic mass is 16.4. The minimum Gasteiger partial charge on any atom is -0.481 e. The summed E-state index contributed by atoms with van der Waals surface area (Å²) < 4.78 is 0. The fourth-order valence-corrected chi connectivity index (χ4v) is 1.81. The molecule has 0 aliphatic rings. The van der Waals surface area contributed by atoms with Gasteiger partial charge in [-0.3, -0.25) is 9.78 Å². The number of hydrogen-bond donors (Lipinski definition) is 2. The predicted molar refractivity (Wildman–Crippen MR) is 68.4 cm³/mol. The van der Waals surface area contributed by atoms with E-state index in [4.69, 9.17) is 10.4 Å². The molecule has 0 saturated heterocycles. The summed E-state index contributed by atoms with van der Waals surface area (Å²) in [5, 5.41) is 21.0. The Hall–Kier alpha value is -2.09. The maximum Gasteiger partial charge on any atom is 0.305 e. The Labute approximate surface area is 106 Å². The zero-order valence-corrected chi connectivity index (χ0v) is 10.8. The first-order chi connectivity index (χ1) is 8.47. The van der Waals surface area contributed by atoms with E-state index in [2.05, 4.69) is 16.4 Å². The van der Waals surface area contributed by atoms with Crippen molar-refractivity contribution in [3.05, 3.63) is 23.0 Å². The molecule has 1 heterocycles. The van der Waals surface area contributed by atoms with Crippen LogP contribution in [0.2, 0.25) is 0 Å². The number of nitrogens with one attached hydrogen (secondary N) is 1. The fraction of sp³-hybridized carbons (Fsp3) is 0.462. The number of hydrogen-bond acceptors (Lipinski definition) is 4. The van der Waals surface area contributed by atoms with Gasteiger partial charge in [0.2, 0.25) is 0 Å². The van der Waals surface area contributed by atoms with Gasteiger partial charge in [-0.2, -0.15) is 5.26 Å². The third-order valence-corrected chi connectivity index (χ3v) is 2.71. The topological polar surface area (TPSA) is 86.0 Å². The molecule has 0 aliphatic carbocycles. The van der Waals surface area contributed by atoms with Crippen LogP contribution in [-0.4, -0.2) is 22.1 Å². The third kappa shape index (κ3) is 3.45. The highest BCUT2D eigenvalue weighted by molar-refractivity contribution is 5.69. The quantitative estimate of drug-likeness (QED) is 0.833. The summed E-state index contributed by atoms with van der Waals surface area (Å²) in [4.78, 5) is 15.0. The van der Waals surface area contributed by atoms with E-state index in [-0.39, 0.29) is 12.5 Å². The molecule has 1 atom stereocenters. The molecule has 0 fully saturated rings. The van der Waals surface area contributed by atoms with Gasteiger partial charge < -0.3 is 10.4 Å². The minimum absolute atomic E-state index is 0.0296. The lowest BCUT2D eigenvalue weighted by Crippen LogP contribution is -2.23. The SMILES string of the molecule is CCC(CC(=O)O)Nc1cc(C)nc(C)c1C#N. The lowest BCUT2D eigenvalue weighted by Gasteiger charge is -2.18. The van der Waals surface area contributed by atoms with Gasteiger partial charge in [0.05, 0.1) is 23.4 Å². The normalized spacial score (nSPS) is 11.7. The van der Waals surface area contributed by atoms with E-state index >= 15 is 0 Å². The summed E-state index contributed by atoms with van der Waals surface area (Å²) in [6, 6.07) is 3.69. The number of pyridine rings is 1. The molecule has 18 heavy (non-hydrogen) atoms. The molecule has 1 aromatic heterocycles. The molecular weight excluding hydrogens is 230 g/mol. The first-order valence-electron chi connectivity index (χ1n) is 5.84. The Bertz CT molecular complexity index is 492. The lowest BCUT2D eigenvalue weighted by atomic mass is 10.1. The number of carbonyl (C=O) groups is 1. The molecule has 0 aromatic carbocycles. The summed E-state index contributed by atoms with van der Waals surface area (Å²) in [6.45, 7) is 5.53. The van der Waals surface area contributed by atoms with Gasteiger partial charge in [0, 0.05) is 11.7 Å². The van der Waals surface area contributed by atoms with Crippen molar-refractivity contribution >= 4 is 11.7 Å². The van der Waals surface area contributed by atoms with Crippen LogP contribution in [0.1, 0.15) is 36.7 Å². The fourth-order valence-electron chi connectivity index (χ4n) is 1.81. The summed E-state index contributed by atoms with van der Waals surface area (Å²) in [7, 11) is 0. The van der Waals surface area contributed by atoms with E-state index in [1.54, 1.807) is 13.0 Å². The average Bonchev–Trinajstić information content (AvgIpc) is 2.27. The van der Waals surface area contributed by atoms with Crippen LogP contribution in [0.3, 0.4) is 0 Å². The number of carboxylic acid groups (broad SMARTS) is 1. The van der Waals surface area contributed by atoms with Gasteiger partial charge in [-0.15, -0.1) is 0 Å². The molecule has 96 valence electrons. The molecule has 1 aromatic rings. The maximum absolute atomic E-state index is 10.7. The van der Waals surface area contributed by atoms with E-state index in [1.165, 1.54) is 0 Å². The first-order valence-corrected chi connectivity index (χ1v) is 5.84. The molecule has 0 spiro atoms. The van der Waals surface area contributed by atoms with Gasteiger partial charge in [-0.1, -0.05) is 6.92 Å². The molecule has 1 unspecified atom stereocenters. The highest BCUT2D eigenvalue weighted by Gasteiger charge is 2.14. The molecule has 0 bridgehead atoms. The smallest absolute Gasteiger partial charge is 0.305 e. The van der Waals surface area contributed by atoms with Crippen LogP contribution in [0.15, 0.2) is 6.07 Å². The summed E-state index contributed by atoms with van der Waals surface area (Å²) in [6.07, 6.45) is 0.708. The van der Waals surface area contributed by atoms with Crippen molar-refractivity contribution in [3.8, 4) is 6.07 Å². The van der Waals surface area contributed by atoms with Crippen LogP contribution in [-0.2, 0) is 4.79 Å². The molecular formula is C13H17N3O2. The van der Waals surface area contributed by atoms with E-state index in [0.717, 1.165) is 5.69 Å². The molecule has 0 radical (unpaired) electrons. The van der Waals surface area contributed by atoms with Crippen molar-refractivity contribution in [2.45, 2.75) is 39.7 Å². The van der Waals surface area contributed by atoms with Gasteiger partial charge in [-0.05, 0) is 26.3 Å². The van der Waals surface area contributed by atoms with Crippen molar-refractivity contribution in [2.75, 3.05) is 5.32 Å². The first kappa shape index (κ1) is 14.0. The van der Waals surface area contributed by atoms with E-state index in [0.29, 0.717) is 23.4 Å². The number of aryl methyl sites for hydroxylation is 2. The van der Waals surface area contributed by atoms with E-state index < -0.39 is 5.97 Å². The Morgan fingerprint density at radius 1 is 1.61 bits per heavy atom. The van der Waals surface area contributed by atoms with Crippen molar-refractivity contribution in [1.29, 1.82) is 5.26 Å². The Balaban J connectivity index is 3.02. The molecule has 0 aliphatic heterocycles. The van der Waals surface area contributed by atoms with Crippen LogP contribution < -0.4 is 5.32 Å². The number of nitriles is 1. The number of nitrogens with zero attached hydrogens (tertiary/aromatic N) is 2. The molecule has 2 N–H and O–H groups in total. The van der Waals surface area contributed by atoms with Gasteiger partial charge in [-0.25, -0.2) is 0 Å². The van der Waals surface area contributed by atoms with Crippen molar-refractivity contribution in [1.82, 2.24) is 4.98 Å². The summed E-state index contributed by atoms with van der Waals surface area (Å²) in [5.41, 5.74) is 2.60. The van der Waals surface area contributed by atoms with Crippen molar-refractivity contribution < 1.29 is 9.90 Å². The highest BCUT2D eigenvalue weighted by Crippen LogP contribution is 2.20. The molecule has 0 amide bonds. The Morgan fingerprint density at radius 2 is 2.28 bits per heavy atom. The molecule has 5 nitrogen and oxygen atoms in total. The minimum atomic E-state index is -0.852. The second-order valence-corrected chi connectivity index (χ2v) is 4.23. The number of rotatable bonds is 5. The van der Waals surface area contributed by atoms with Gasteiger partial charge >= 0.3 is 5.97 Å². The zero-order valence-electron chi connectivity index (χ0n) is 10.8. The van der Waals surface area contributed by atoms with Gasteiger partial charge in [0.25, 0.3) is 0 Å². The number of anilines is 1. The second-order valence-electron chi connectivity index (χ2n) is 4.23.